The molecule has 0 heterocycles. The Balaban J connectivity index is 3.69. The molecule has 80 valence electrons. The zero-order valence-electron chi connectivity index (χ0n) is 8.66. The fourth-order valence-corrected chi connectivity index (χ4v) is 1.89. The maximum absolute atomic E-state index is 11.1. The van der Waals surface area contributed by atoms with Crippen molar-refractivity contribution in [2.24, 2.45) is 5.92 Å². The van der Waals surface area contributed by atoms with Crippen molar-refractivity contribution in [3.8, 4) is 0 Å². The van der Waals surface area contributed by atoms with E-state index in [1.54, 1.807) is 6.92 Å². The first kappa shape index (κ1) is 12.9. The van der Waals surface area contributed by atoms with Crippen molar-refractivity contribution in [1.29, 1.82) is 0 Å². The van der Waals surface area contributed by atoms with Crippen LogP contribution in [0, 0.1) is 5.92 Å². The average Bonchev–Trinajstić information content (AvgIpc) is 2.04. The van der Waals surface area contributed by atoms with E-state index in [2.05, 4.69) is 0 Å². The van der Waals surface area contributed by atoms with Crippen LogP contribution in [-0.2, 0) is 9.84 Å². The predicted molar refractivity (Wildman–Crippen MR) is 54.4 cm³/mol. The molecular formula is C9H20O3S. The summed E-state index contributed by atoms with van der Waals surface area (Å²) in [5.74, 6) is 0.613. The maximum Gasteiger partial charge on any atom is 0.150 e. The summed E-state index contributed by atoms with van der Waals surface area (Å²) in [5, 5.41) is 9.40. The van der Waals surface area contributed by atoms with Gasteiger partial charge in [0.2, 0.25) is 0 Å². The number of aliphatic hydroxyl groups is 1. The van der Waals surface area contributed by atoms with Crippen LogP contribution in [0.15, 0.2) is 0 Å². The number of rotatable bonds is 6. The number of hydrogen-bond acceptors (Lipinski definition) is 3. The third-order valence-corrected chi connectivity index (χ3v) is 3.95. The zero-order chi connectivity index (χ0) is 10.5. The molecule has 0 spiro atoms. The monoisotopic (exact) mass is 208 g/mol. The summed E-state index contributed by atoms with van der Waals surface area (Å²) in [6, 6.07) is 0. The second kappa shape index (κ2) is 5.60. The predicted octanol–water partition coefficient (Wildman–Crippen LogP) is 1.22. The molecule has 0 aliphatic heterocycles. The molecule has 4 heteroatoms. The van der Waals surface area contributed by atoms with Crippen LogP contribution in [0.25, 0.3) is 0 Å². The average molecular weight is 208 g/mol. The van der Waals surface area contributed by atoms with Crippen LogP contribution in [0.5, 0.6) is 0 Å². The highest BCUT2D eigenvalue weighted by atomic mass is 32.2. The zero-order valence-corrected chi connectivity index (χ0v) is 9.47. The van der Waals surface area contributed by atoms with Crippen LogP contribution in [0.1, 0.15) is 33.6 Å². The third kappa shape index (κ3) is 6.05. The molecule has 0 aromatic carbocycles. The normalized spacial score (nSPS) is 14.8. The molecule has 0 saturated heterocycles. The Morgan fingerprint density at radius 3 is 2.23 bits per heavy atom. The Morgan fingerprint density at radius 1 is 1.31 bits per heavy atom. The van der Waals surface area contributed by atoms with E-state index < -0.39 is 9.84 Å². The minimum atomic E-state index is -2.85. The van der Waals surface area contributed by atoms with Crippen LogP contribution in [0.3, 0.4) is 0 Å². The fraction of sp³-hybridized carbons (Fsp3) is 1.00. The first-order chi connectivity index (χ1) is 5.89. The smallest absolute Gasteiger partial charge is 0.150 e. The van der Waals surface area contributed by atoms with Gasteiger partial charge in [0.1, 0.15) is 9.84 Å². The Morgan fingerprint density at radius 2 is 1.85 bits per heavy atom. The first-order valence-corrected chi connectivity index (χ1v) is 6.59. The Labute approximate surface area is 81.1 Å². The largest absolute Gasteiger partial charge is 0.393 e. The van der Waals surface area contributed by atoms with E-state index in [1.807, 2.05) is 13.8 Å². The third-order valence-electron chi connectivity index (χ3n) is 2.16. The molecular weight excluding hydrogens is 188 g/mol. The van der Waals surface area contributed by atoms with Gasteiger partial charge in [0.15, 0.2) is 0 Å². The van der Waals surface area contributed by atoms with Crippen LogP contribution in [0.4, 0.5) is 0 Å². The van der Waals surface area contributed by atoms with E-state index in [0.29, 0.717) is 12.8 Å². The van der Waals surface area contributed by atoms with E-state index in [1.165, 1.54) is 0 Å². The maximum atomic E-state index is 11.1. The van der Waals surface area contributed by atoms with Crippen molar-refractivity contribution in [2.45, 2.75) is 39.7 Å². The molecule has 0 aliphatic rings. The molecule has 0 aliphatic carbocycles. The van der Waals surface area contributed by atoms with Gasteiger partial charge in [-0.15, -0.1) is 0 Å². The highest BCUT2D eigenvalue weighted by Gasteiger charge is 2.12. The van der Waals surface area contributed by atoms with Crippen LogP contribution < -0.4 is 0 Å². The van der Waals surface area contributed by atoms with Crippen molar-refractivity contribution < 1.29 is 13.5 Å². The number of aliphatic hydroxyl groups excluding tert-OH is 1. The lowest BCUT2D eigenvalue weighted by Crippen LogP contribution is -2.17. The molecule has 0 aromatic heterocycles. The summed E-state index contributed by atoms with van der Waals surface area (Å²) < 4.78 is 22.1. The lowest BCUT2D eigenvalue weighted by molar-refractivity contribution is 0.115. The summed E-state index contributed by atoms with van der Waals surface area (Å²) >= 11 is 0. The van der Waals surface area contributed by atoms with Gasteiger partial charge in [0, 0.05) is 5.75 Å². The molecule has 0 radical (unpaired) electrons. The summed E-state index contributed by atoms with van der Waals surface area (Å²) in [7, 11) is -2.85. The highest BCUT2D eigenvalue weighted by Crippen LogP contribution is 2.09. The molecule has 3 nitrogen and oxygen atoms in total. The Hall–Kier alpha value is -0.0900. The minimum absolute atomic E-state index is 0.199. The fourth-order valence-electron chi connectivity index (χ4n) is 0.990. The SMILES string of the molecule is CCS(=O)(=O)CCCC(O)C(C)C. The van der Waals surface area contributed by atoms with Gasteiger partial charge in [-0.2, -0.15) is 0 Å². The Bertz CT molecular complexity index is 219. The van der Waals surface area contributed by atoms with E-state index in [-0.39, 0.29) is 23.5 Å². The van der Waals surface area contributed by atoms with E-state index >= 15 is 0 Å². The van der Waals surface area contributed by atoms with Gasteiger partial charge in [-0.05, 0) is 18.8 Å². The molecule has 0 fully saturated rings. The molecule has 13 heavy (non-hydrogen) atoms. The van der Waals surface area contributed by atoms with Gasteiger partial charge < -0.3 is 5.11 Å². The van der Waals surface area contributed by atoms with Gasteiger partial charge in [-0.3, -0.25) is 0 Å². The van der Waals surface area contributed by atoms with Gasteiger partial charge >= 0.3 is 0 Å². The molecule has 0 bridgehead atoms. The van der Waals surface area contributed by atoms with Gasteiger partial charge in [-0.25, -0.2) is 8.42 Å². The summed E-state index contributed by atoms with van der Waals surface area (Å²) in [5.41, 5.74) is 0. The second-order valence-electron chi connectivity index (χ2n) is 3.69. The lowest BCUT2D eigenvalue weighted by Gasteiger charge is -2.13. The minimum Gasteiger partial charge on any atom is -0.393 e. The molecule has 1 N–H and O–H groups in total. The van der Waals surface area contributed by atoms with Gasteiger partial charge in [0.05, 0.1) is 11.9 Å². The molecule has 0 rings (SSSR count). The standard InChI is InChI=1S/C9H20O3S/c1-4-13(11,12)7-5-6-9(10)8(2)3/h8-10H,4-7H2,1-3H3. The first-order valence-electron chi connectivity index (χ1n) is 4.77. The highest BCUT2D eigenvalue weighted by molar-refractivity contribution is 7.91. The molecule has 0 amide bonds. The quantitative estimate of drug-likeness (QED) is 0.714. The van der Waals surface area contributed by atoms with E-state index in [9.17, 15) is 13.5 Å². The van der Waals surface area contributed by atoms with E-state index in [4.69, 9.17) is 0 Å². The molecule has 1 atom stereocenters. The topological polar surface area (TPSA) is 54.4 Å². The van der Waals surface area contributed by atoms with Crippen LogP contribution in [0.2, 0.25) is 0 Å². The van der Waals surface area contributed by atoms with Crippen molar-refractivity contribution in [3.05, 3.63) is 0 Å². The number of sulfone groups is 1. The second-order valence-corrected chi connectivity index (χ2v) is 6.16. The Kier molecular flexibility index (Phi) is 5.56. The van der Waals surface area contributed by atoms with Gasteiger partial charge in [-0.1, -0.05) is 20.8 Å². The summed E-state index contributed by atoms with van der Waals surface area (Å²) in [6.07, 6.45) is 0.777. The van der Waals surface area contributed by atoms with Crippen molar-refractivity contribution in [1.82, 2.24) is 0 Å². The van der Waals surface area contributed by atoms with Crippen LogP contribution in [-0.4, -0.2) is 31.1 Å². The van der Waals surface area contributed by atoms with Gasteiger partial charge in [0.25, 0.3) is 0 Å². The molecule has 0 saturated carbocycles. The van der Waals surface area contributed by atoms with Crippen molar-refractivity contribution in [3.63, 3.8) is 0 Å². The van der Waals surface area contributed by atoms with E-state index in [0.717, 1.165) is 0 Å². The lowest BCUT2D eigenvalue weighted by atomic mass is 10.0. The summed E-state index contributed by atoms with van der Waals surface area (Å²) in [6.45, 7) is 5.51. The molecule has 1 unspecified atom stereocenters. The van der Waals surface area contributed by atoms with Crippen LogP contribution >= 0.6 is 0 Å². The summed E-state index contributed by atoms with van der Waals surface area (Å²) in [4.78, 5) is 0. The van der Waals surface area contributed by atoms with Crippen molar-refractivity contribution >= 4 is 9.84 Å². The number of hydrogen-bond donors (Lipinski definition) is 1. The van der Waals surface area contributed by atoms with Crippen molar-refractivity contribution in [2.75, 3.05) is 11.5 Å². The molecule has 0 aromatic rings.